The van der Waals surface area contributed by atoms with Crippen LogP contribution in [0, 0.1) is 0 Å². The standard InChI is InChI=1S/C12H16N2O2S.ClH/c15-11-7-16-12(2-4-13-5-3-12)9-14(11)10-1-6-17-8-10;/h1,6,8,13H,2-5,7,9H2;1H. The Bertz CT molecular complexity index is 404. The third kappa shape index (κ3) is 2.54. The highest BCUT2D eigenvalue weighted by Gasteiger charge is 2.41. The first-order valence-corrected chi connectivity index (χ1v) is 6.91. The van der Waals surface area contributed by atoms with Gasteiger partial charge < -0.3 is 15.0 Å². The van der Waals surface area contributed by atoms with Crippen molar-refractivity contribution in [3.05, 3.63) is 16.8 Å². The van der Waals surface area contributed by atoms with E-state index in [0.717, 1.165) is 31.6 Å². The van der Waals surface area contributed by atoms with Crippen molar-refractivity contribution in [2.75, 3.05) is 31.1 Å². The lowest BCUT2D eigenvalue weighted by Crippen LogP contribution is -2.58. The molecule has 0 saturated carbocycles. The molecule has 1 aromatic rings. The molecule has 0 aromatic carbocycles. The van der Waals surface area contributed by atoms with E-state index in [1.54, 1.807) is 11.3 Å². The average Bonchev–Trinajstić information content (AvgIpc) is 2.88. The van der Waals surface area contributed by atoms with Gasteiger partial charge in [-0.1, -0.05) is 0 Å². The molecule has 100 valence electrons. The molecule has 0 atom stereocenters. The Morgan fingerprint density at radius 1 is 1.39 bits per heavy atom. The summed E-state index contributed by atoms with van der Waals surface area (Å²) < 4.78 is 5.82. The molecule has 18 heavy (non-hydrogen) atoms. The second kappa shape index (κ2) is 5.57. The van der Waals surface area contributed by atoms with Gasteiger partial charge in [-0.2, -0.15) is 11.3 Å². The molecule has 2 aliphatic heterocycles. The van der Waals surface area contributed by atoms with Crippen molar-refractivity contribution >= 4 is 35.3 Å². The van der Waals surface area contributed by atoms with Crippen LogP contribution in [0.15, 0.2) is 16.8 Å². The van der Waals surface area contributed by atoms with E-state index in [9.17, 15) is 4.79 Å². The van der Waals surface area contributed by atoms with E-state index in [1.165, 1.54) is 0 Å². The van der Waals surface area contributed by atoms with E-state index >= 15 is 0 Å². The van der Waals surface area contributed by atoms with Crippen molar-refractivity contribution in [1.82, 2.24) is 5.32 Å². The number of ether oxygens (including phenoxy) is 1. The molecule has 4 nitrogen and oxygen atoms in total. The van der Waals surface area contributed by atoms with Crippen LogP contribution < -0.4 is 10.2 Å². The van der Waals surface area contributed by atoms with Crippen LogP contribution in [0.2, 0.25) is 0 Å². The lowest BCUT2D eigenvalue weighted by molar-refractivity contribution is -0.141. The van der Waals surface area contributed by atoms with Crippen LogP contribution >= 0.6 is 23.7 Å². The van der Waals surface area contributed by atoms with Gasteiger partial charge in [0.1, 0.15) is 6.61 Å². The fraction of sp³-hybridized carbons (Fsp3) is 0.583. The van der Waals surface area contributed by atoms with Gasteiger partial charge in [-0.05, 0) is 37.4 Å². The van der Waals surface area contributed by atoms with Crippen molar-refractivity contribution in [2.45, 2.75) is 18.4 Å². The SMILES string of the molecule is Cl.O=C1COC2(CCNCC2)CN1c1ccsc1. The molecule has 3 rings (SSSR count). The first-order chi connectivity index (χ1) is 8.29. The summed E-state index contributed by atoms with van der Waals surface area (Å²) in [6.45, 7) is 2.87. The van der Waals surface area contributed by atoms with E-state index < -0.39 is 0 Å². The predicted octanol–water partition coefficient (Wildman–Crippen LogP) is 1.66. The molecular weight excluding hydrogens is 272 g/mol. The highest BCUT2D eigenvalue weighted by atomic mass is 35.5. The quantitative estimate of drug-likeness (QED) is 0.854. The third-order valence-electron chi connectivity index (χ3n) is 3.58. The maximum atomic E-state index is 11.9. The molecule has 0 radical (unpaired) electrons. The van der Waals surface area contributed by atoms with Gasteiger partial charge in [0.15, 0.2) is 0 Å². The van der Waals surface area contributed by atoms with Gasteiger partial charge in [-0.25, -0.2) is 0 Å². The van der Waals surface area contributed by atoms with Crippen molar-refractivity contribution in [1.29, 1.82) is 0 Å². The smallest absolute Gasteiger partial charge is 0.253 e. The average molecular weight is 289 g/mol. The monoisotopic (exact) mass is 288 g/mol. The molecule has 1 amide bonds. The Morgan fingerprint density at radius 2 is 2.17 bits per heavy atom. The minimum atomic E-state index is -0.124. The van der Waals surface area contributed by atoms with Gasteiger partial charge in [0, 0.05) is 5.38 Å². The summed E-state index contributed by atoms with van der Waals surface area (Å²) in [5.74, 6) is 0.0764. The molecule has 2 saturated heterocycles. The van der Waals surface area contributed by atoms with Crippen molar-refractivity contribution < 1.29 is 9.53 Å². The number of nitrogens with zero attached hydrogens (tertiary/aromatic N) is 1. The lowest BCUT2D eigenvalue weighted by atomic mass is 9.90. The van der Waals surface area contributed by atoms with E-state index in [2.05, 4.69) is 5.32 Å². The first-order valence-electron chi connectivity index (χ1n) is 5.96. The second-order valence-corrected chi connectivity index (χ2v) is 5.46. The molecule has 1 aromatic heterocycles. The number of nitrogens with one attached hydrogen (secondary N) is 1. The van der Waals surface area contributed by atoms with Gasteiger partial charge in [0.2, 0.25) is 0 Å². The Hall–Kier alpha value is -0.620. The molecule has 2 fully saturated rings. The predicted molar refractivity (Wildman–Crippen MR) is 74.7 cm³/mol. The molecule has 1 N–H and O–H groups in total. The summed E-state index contributed by atoms with van der Waals surface area (Å²) in [5, 5.41) is 7.37. The summed E-state index contributed by atoms with van der Waals surface area (Å²) in [4.78, 5) is 13.8. The third-order valence-corrected chi connectivity index (χ3v) is 4.25. The van der Waals surface area contributed by atoms with Crippen LogP contribution in [0.3, 0.4) is 0 Å². The highest BCUT2D eigenvalue weighted by molar-refractivity contribution is 7.08. The topological polar surface area (TPSA) is 41.6 Å². The Kier molecular flexibility index (Phi) is 4.27. The summed E-state index contributed by atoms with van der Waals surface area (Å²) in [5.41, 5.74) is 0.891. The van der Waals surface area contributed by atoms with Gasteiger partial charge in [-0.15, -0.1) is 12.4 Å². The number of hydrogen-bond acceptors (Lipinski definition) is 4. The number of amides is 1. The fourth-order valence-electron chi connectivity index (χ4n) is 2.55. The summed E-state index contributed by atoms with van der Waals surface area (Å²) >= 11 is 1.62. The largest absolute Gasteiger partial charge is 0.363 e. The number of thiophene rings is 1. The zero-order valence-corrected chi connectivity index (χ0v) is 11.7. The number of carbonyl (C=O) groups is 1. The normalized spacial score (nSPS) is 22.9. The van der Waals surface area contributed by atoms with E-state index in [4.69, 9.17) is 4.74 Å². The summed E-state index contributed by atoms with van der Waals surface area (Å²) in [6.07, 6.45) is 1.97. The minimum Gasteiger partial charge on any atom is -0.363 e. The zero-order chi connectivity index (χ0) is 11.7. The van der Waals surface area contributed by atoms with Gasteiger partial charge >= 0.3 is 0 Å². The Labute approximate surface area is 117 Å². The van der Waals surface area contributed by atoms with Crippen LogP contribution in [0.1, 0.15) is 12.8 Å². The van der Waals surface area contributed by atoms with E-state index in [1.807, 2.05) is 21.7 Å². The second-order valence-electron chi connectivity index (χ2n) is 4.68. The van der Waals surface area contributed by atoms with Crippen LogP contribution in [-0.2, 0) is 9.53 Å². The maximum absolute atomic E-state index is 11.9. The van der Waals surface area contributed by atoms with Crippen molar-refractivity contribution in [3.63, 3.8) is 0 Å². The van der Waals surface area contributed by atoms with E-state index in [-0.39, 0.29) is 30.5 Å². The number of rotatable bonds is 1. The fourth-order valence-corrected chi connectivity index (χ4v) is 3.19. The zero-order valence-electron chi connectivity index (χ0n) is 10.1. The summed E-state index contributed by atoms with van der Waals surface area (Å²) in [7, 11) is 0. The molecule has 6 heteroatoms. The van der Waals surface area contributed by atoms with Crippen molar-refractivity contribution in [2.24, 2.45) is 0 Å². The number of anilines is 1. The van der Waals surface area contributed by atoms with E-state index in [0.29, 0.717) is 6.54 Å². The van der Waals surface area contributed by atoms with Crippen LogP contribution in [0.5, 0.6) is 0 Å². The van der Waals surface area contributed by atoms with Crippen molar-refractivity contribution in [3.8, 4) is 0 Å². The number of halogens is 1. The van der Waals surface area contributed by atoms with Gasteiger partial charge in [0.25, 0.3) is 5.91 Å². The molecule has 3 heterocycles. The number of carbonyl (C=O) groups excluding carboxylic acids is 1. The molecule has 0 bridgehead atoms. The lowest BCUT2D eigenvalue weighted by Gasteiger charge is -2.44. The number of morpholine rings is 1. The van der Waals surface area contributed by atoms with Crippen LogP contribution in [0.4, 0.5) is 5.69 Å². The molecule has 1 spiro atoms. The van der Waals surface area contributed by atoms with Gasteiger partial charge in [0.05, 0.1) is 17.8 Å². The van der Waals surface area contributed by atoms with Gasteiger partial charge in [-0.3, -0.25) is 4.79 Å². The Balaban J connectivity index is 0.00000120. The number of piperidine rings is 1. The first kappa shape index (κ1) is 13.8. The molecule has 0 unspecified atom stereocenters. The molecule has 0 aliphatic carbocycles. The maximum Gasteiger partial charge on any atom is 0.253 e. The molecule has 2 aliphatic rings. The summed E-state index contributed by atoms with van der Waals surface area (Å²) in [6, 6.07) is 2.00. The number of hydrogen-bond donors (Lipinski definition) is 1. The molecular formula is C12H17ClN2O2S. The highest BCUT2D eigenvalue weighted by Crippen LogP contribution is 2.31. The van der Waals surface area contributed by atoms with Crippen LogP contribution in [-0.4, -0.2) is 37.7 Å². The Morgan fingerprint density at radius 3 is 2.83 bits per heavy atom. The minimum absolute atomic E-state index is 0. The van der Waals surface area contributed by atoms with Crippen LogP contribution in [0.25, 0.3) is 0 Å².